The van der Waals surface area contributed by atoms with Gasteiger partial charge in [-0.2, -0.15) is 11.8 Å². The number of fused-ring (bicyclic) bond motifs is 1. The fraction of sp³-hybridized carbons (Fsp3) is 0.308. The van der Waals surface area contributed by atoms with Crippen LogP contribution in [0.15, 0.2) is 30.5 Å². The number of pyridine rings is 1. The second-order valence-electron chi connectivity index (χ2n) is 4.10. The van der Waals surface area contributed by atoms with Crippen LogP contribution in [0.1, 0.15) is 6.92 Å². The van der Waals surface area contributed by atoms with Gasteiger partial charge in [-0.3, -0.25) is 4.98 Å². The second kappa shape index (κ2) is 5.27. The summed E-state index contributed by atoms with van der Waals surface area (Å²) in [6.45, 7) is 2.16. The number of aromatic nitrogens is 1. The Hall–Kier alpha value is -1.42. The van der Waals surface area contributed by atoms with E-state index in [0.29, 0.717) is 6.04 Å². The molecule has 0 aliphatic rings. The van der Waals surface area contributed by atoms with E-state index in [2.05, 4.69) is 23.5 Å². The molecule has 0 saturated carbocycles. The van der Waals surface area contributed by atoms with Crippen LogP contribution in [0.2, 0.25) is 0 Å². The molecule has 0 bridgehead atoms. The second-order valence-corrected chi connectivity index (χ2v) is 5.01. The number of hydrogen-bond acceptors (Lipinski definition) is 4. The Balaban J connectivity index is 2.32. The fourth-order valence-corrected chi connectivity index (χ4v) is 2.44. The first kappa shape index (κ1) is 12.0. The fourth-order valence-electron chi connectivity index (χ4n) is 1.86. The maximum Gasteiger partial charge on any atom is 0.0724 e. The summed E-state index contributed by atoms with van der Waals surface area (Å²) in [6, 6.07) is 8.32. The highest BCUT2D eigenvalue weighted by Crippen LogP contribution is 2.27. The predicted octanol–water partition coefficient (Wildman–Crippen LogP) is 2.98. The SMILES string of the molecule is CSCC(C)Nc1ccc2ncccc2c1N. The lowest BCUT2D eigenvalue weighted by molar-refractivity contribution is 0.915. The van der Waals surface area contributed by atoms with Gasteiger partial charge in [-0.25, -0.2) is 0 Å². The lowest BCUT2D eigenvalue weighted by Crippen LogP contribution is -2.18. The first-order valence-electron chi connectivity index (χ1n) is 5.61. The predicted molar refractivity (Wildman–Crippen MR) is 77.6 cm³/mol. The molecule has 1 aromatic carbocycles. The maximum absolute atomic E-state index is 6.15. The van der Waals surface area contributed by atoms with Gasteiger partial charge < -0.3 is 11.1 Å². The van der Waals surface area contributed by atoms with Gasteiger partial charge in [0, 0.05) is 23.4 Å². The van der Waals surface area contributed by atoms with E-state index in [1.165, 1.54) is 0 Å². The highest BCUT2D eigenvalue weighted by Gasteiger charge is 2.07. The molecule has 1 aromatic heterocycles. The van der Waals surface area contributed by atoms with Crippen LogP contribution >= 0.6 is 11.8 Å². The Morgan fingerprint density at radius 2 is 2.24 bits per heavy atom. The molecule has 0 aliphatic carbocycles. The van der Waals surface area contributed by atoms with Crippen LogP contribution in [0, 0.1) is 0 Å². The summed E-state index contributed by atoms with van der Waals surface area (Å²) in [5.74, 6) is 1.06. The number of benzene rings is 1. The van der Waals surface area contributed by atoms with Crippen molar-refractivity contribution in [2.45, 2.75) is 13.0 Å². The minimum Gasteiger partial charge on any atom is -0.397 e. The Morgan fingerprint density at radius 1 is 1.41 bits per heavy atom. The van der Waals surface area contributed by atoms with Crippen molar-refractivity contribution in [3.63, 3.8) is 0 Å². The highest BCUT2D eigenvalue weighted by molar-refractivity contribution is 7.98. The number of rotatable bonds is 4. The number of nitrogens with two attached hydrogens (primary N) is 1. The molecule has 0 fully saturated rings. The number of nitrogens with one attached hydrogen (secondary N) is 1. The van der Waals surface area contributed by atoms with E-state index in [9.17, 15) is 0 Å². The first-order chi connectivity index (χ1) is 8.22. The third kappa shape index (κ3) is 2.64. The molecule has 0 amide bonds. The van der Waals surface area contributed by atoms with Crippen molar-refractivity contribution in [2.75, 3.05) is 23.1 Å². The van der Waals surface area contributed by atoms with Crippen LogP contribution in [-0.4, -0.2) is 23.0 Å². The van der Waals surface area contributed by atoms with Gasteiger partial charge in [-0.15, -0.1) is 0 Å². The zero-order valence-corrected chi connectivity index (χ0v) is 10.9. The molecular weight excluding hydrogens is 230 g/mol. The summed E-state index contributed by atoms with van der Waals surface area (Å²) < 4.78 is 0. The van der Waals surface area contributed by atoms with Gasteiger partial charge in [-0.1, -0.05) is 0 Å². The quantitative estimate of drug-likeness (QED) is 0.816. The summed E-state index contributed by atoms with van der Waals surface area (Å²) >= 11 is 1.82. The van der Waals surface area contributed by atoms with Crippen molar-refractivity contribution < 1.29 is 0 Å². The normalized spacial score (nSPS) is 12.6. The summed E-state index contributed by atoms with van der Waals surface area (Å²) in [7, 11) is 0. The Kier molecular flexibility index (Phi) is 3.74. The van der Waals surface area contributed by atoms with Crippen LogP contribution in [0.4, 0.5) is 11.4 Å². The number of thioether (sulfide) groups is 1. The zero-order valence-electron chi connectivity index (χ0n) is 10.1. The van der Waals surface area contributed by atoms with E-state index in [4.69, 9.17) is 5.73 Å². The molecule has 0 radical (unpaired) electrons. The average Bonchev–Trinajstić information content (AvgIpc) is 2.33. The van der Waals surface area contributed by atoms with Gasteiger partial charge in [0.05, 0.1) is 16.9 Å². The maximum atomic E-state index is 6.15. The van der Waals surface area contributed by atoms with E-state index in [1.807, 2.05) is 36.0 Å². The van der Waals surface area contributed by atoms with Crippen LogP contribution in [-0.2, 0) is 0 Å². The number of anilines is 2. The van der Waals surface area contributed by atoms with Crippen molar-refractivity contribution in [3.05, 3.63) is 30.5 Å². The molecule has 2 aromatic rings. The standard InChI is InChI=1S/C13H17N3S/c1-9(8-17-2)16-12-6-5-11-10(13(12)14)4-3-7-15-11/h3-7,9,16H,8,14H2,1-2H3. The monoisotopic (exact) mass is 247 g/mol. The van der Waals surface area contributed by atoms with E-state index in [0.717, 1.165) is 28.0 Å². The van der Waals surface area contributed by atoms with Gasteiger partial charge in [0.15, 0.2) is 0 Å². The third-order valence-electron chi connectivity index (χ3n) is 2.65. The van der Waals surface area contributed by atoms with Gasteiger partial charge in [0.25, 0.3) is 0 Å². The van der Waals surface area contributed by atoms with Gasteiger partial charge >= 0.3 is 0 Å². The largest absolute Gasteiger partial charge is 0.397 e. The summed E-state index contributed by atoms with van der Waals surface area (Å²) in [5, 5.41) is 4.44. The first-order valence-corrected chi connectivity index (χ1v) is 7.00. The molecule has 2 rings (SSSR count). The van der Waals surface area contributed by atoms with E-state index >= 15 is 0 Å². The van der Waals surface area contributed by atoms with Crippen LogP contribution in [0.3, 0.4) is 0 Å². The van der Waals surface area contributed by atoms with Gasteiger partial charge in [0.2, 0.25) is 0 Å². The molecule has 4 heteroatoms. The van der Waals surface area contributed by atoms with E-state index < -0.39 is 0 Å². The Bertz CT molecular complexity index is 513. The number of nitrogen functional groups attached to an aromatic ring is 1. The lowest BCUT2D eigenvalue weighted by atomic mass is 10.1. The number of nitrogens with zero attached hydrogens (tertiary/aromatic N) is 1. The summed E-state index contributed by atoms with van der Waals surface area (Å²) in [6.07, 6.45) is 3.89. The molecule has 17 heavy (non-hydrogen) atoms. The molecule has 0 saturated heterocycles. The number of hydrogen-bond donors (Lipinski definition) is 2. The molecule has 1 atom stereocenters. The molecule has 3 N–H and O–H groups in total. The molecule has 0 spiro atoms. The smallest absolute Gasteiger partial charge is 0.0724 e. The summed E-state index contributed by atoms with van der Waals surface area (Å²) in [4.78, 5) is 4.29. The Morgan fingerprint density at radius 3 is 3.00 bits per heavy atom. The minimum atomic E-state index is 0.404. The molecule has 0 aliphatic heterocycles. The van der Waals surface area contributed by atoms with E-state index in [-0.39, 0.29) is 0 Å². The van der Waals surface area contributed by atoms with Crippen LogP contribution in [0.25, 0.3) is 10.9 Å². The van der Waals surface area contributed by atoms with Crippen molar-refractivity contribution >= 4 is 34.0 Å². The minimum absolute atomic E-state index is 0.404. The molecule has 90 valence electrons. The van der Waals surface area contributed by atoms with Crippen molar-refractivity contribution in [1.82, 2.24) is 4.98 Å². The van der Waals surface area contributed by atoms with Gasteiger partial charge in [0.1, 0.15) is 0 Å². The zero-order chi connectivity index (χ0) is 12.3. The topological polar surface area (TPSA) is 50.9 Å². The van der Waals surface area contributed by atoms with Crippen LogP contribution < -0.4 is 11.1 Å². The summed E-state index contributed by atoms with van der Waals surface area (Å²) in [5.41, 5.74) is 8.87. The average molecular weight is 247 g/mol. The Labute approximate surface area is 106 Å². The highest BCUT2D eigenvalue weighted by atomic mass is 32.2. The van der Waals surface area contributed by atoms with Gasteiger partial charge in [-0.05, 0) is 37.4 Å². The van der Waals surface area contributed by atoms with Crippen molar-refractivity contribution in [3.8, 4) is 0 Å². The molecule has 1 unspecified atom stereocenters. The lowest BCUT2D eigenvalue weighted by Gasteiger charge is -2.16. The van der Waals surface area contributed by atoms with Crippen LogP contribution in [0.5, 0.6) is 0 Å². The van der Waals surface area contributed by atoms with E-state index in [1.54, 1.807) is 6.20 Å². The molecule has 3 nitrogen and oxygen atoms in total. The van der Waals surface area contributed by atoms with Crippen molar-refractivity contribution in [2.24, 2.45) is 0 Å². The van der Waals surface area contributed by atoms with Crippen molar-refractivity contribution in [1.29, 1.82) is 0 Å². The molecule has 1 heterocycles. The molecular formula is C13H17N3S. The third-order valence-corrected chi connectivity index (χ3v) is 3.48.